The number of carbonyl (C=O) groups is 1. The molecule has 1 aromatic carbocycles. The highest BCUT2D eigenvalue weighted by atomic mass is 16.5. The molecular weight excluding hydrogens is 358 g/mol. The van der Waals surface area contributed by atoms with Gasteiger partial charge < -0.3 is 10.1 Å². The second-order valence-electron chi connectivity index (χ2n) is 7.82. The Labute approximate surface area is 162 Å². The fourth-order valence-electron chi connectivity index (χ4n) is 4.38. The zero-order valence-electron chi connectivity index (χ0n) is 16.0. The molecule has 1 aromatic heterocycles. The van der Waals surface area contributed by atoms with E-state index in [1.165, 1.54) is 0 Å². The van der Waals surface area contributed by atoms with Gasteiger partial charge in [0.15, 0.2) is 0 Å². The van der Waals surface area contributed by atoms with E-state index in [0.717, 1.165) is 29.4 Å². The van der Waals surface area contributed by atoms with E-state index in [4.69, 9.17) is 4.74 Å². The van der Waals surface area contributed by atoms with Crippen molar-refractivity contribution >= 4 is 5.91 Å². The van der Waals surface area contributed by atoms with Gasteiger partial charge in [-0.05, 0) is 37.7 Å². The minimum Gasteiger partial charge on any atom is -0.356 e. The Balaban J connectivity index is 1.58. The lowest BCUT2D eigenvalue weighted by atomic mass is 9.77. The third-order valence-corrected chi connectivity index (χ3v) is 5.80. The van der Waals surface area contributed by atoms with Crippen molar-refractivity contribution in [1.29, 1.82) is 0 Å². The highest BCUT2D eigenvalue weighted by Crippen LogP contribution is 2.36. The predicted molar refractivity (Wildman–Crippen MR) is 104 cm³/mol. The molecule has 1 saturated heterocycles. The highest BCUT2D eigenvalue weighted by molar-refractivity contribution is 5.77. The van der Waals surface area contributed by atoms with Crippen LogP contribution in [0.3, 0.4) is 0 Å². The van der Waals surface area contributed by atoms with Crippen molar-refractivity contribution in [2.45, 2.75) is 58.0 Å². The molecule has 1 aliphatic carbocycles. The summed E-state index contributed by atoms with van der Waals surface area (Å²) in [6.07, 6.45) is 4.82. The molecule has 148 valence electrons. The van der Waals surface area contributed by atoms with Crippen LogP contribution in [0.1, 0.15) is 42.9 Å². The van der Waals surface area contributed by atoms with E-state index in [9.17, 15) is 14.4 Å². The van der Waals surface area contributed by atoms with Gasteiger partial charge in [-0.1, -0.05) is 30.3 Å². The van der Waals surface area contributed by atoms with Crippen molar-refractivity contribution in [3.8, 4) is 0 Å². The van der Waals surface area contributed by atoms with Crippen LogP contribution in [0.4, 0.5) is 0 Å². The molecule has 1 amide bonds. The first-order valence-electron chi connectivity index (χ1n) is 9.76. The van der Waals surface area contributed by atoms with E-state index < -0.39 is 0 Å². The number of ether oxygens (including phenoxy) is 1. The number of nitrogens with one attached hydrogen (secondary N) is 1. The van der Waals surface area contributed by atoms with Crippen LogP contribution in [0.2, 0.25) is 0 Å². The van der Waals surface area contributed by atoms with Crippen LogP contribution in [0.15, 0.2) is 46.1 Å². The lowest BCUT2D eigenvalue weighted by molar-refractivity contribution is -0.126. The van der Waals surface area contributed by atoms with Crippen molar-refractivity contribution in [2.24, 2.45) is 5.92 Å². The second kappa shape index (κ2) is 7.75. The molecule has 2 fully saturated rings. The van der Waals surface area contributed by atoms with Crippen LogP contribution in [-0.4, -0.2) is 21.1 Å². The number of hydrogen-bond acceptors (Lipinski definition) is 4. The molecule has 3 atom stereocenters. The molecule has 1 saturated carbocycles. The monoisotopic (exact) mass is 383 g/mol. The van der Waals surface area contributed by atoms with Gasteiger partial charge in [0.1, 0.15) is 6.73 Å². The first kappa shape index (κ1) is 18.7. The highest BCUT2D eigenvalue weighted by Gasteiger charge is 2.38. The van der Waals surface area contributed by atoms with Crippen LogP contribution in [0.5, 0.6) is 0 Å². The number of aryl methyl sites for hydroxylation is 1. The van der Waals surface area contributed by atoms with Crippen LogP contribution in [-0.2, 0) is 22.9 Å². The molecule has 2 heterocycles. The Bertz CT molecular complexity index is 979. The maximum Gasteiger partial charge on any atom is 0.333 e. The first-order chi connectivity index (χ1) is 13.5. The molecule has 2 aliphatic rings. The van der Waals surface area contributed by atoms with Gasteiger partial charge in [0, 0.05) is 24.2 Å². The van der Waals surface area contributed by atoms with Crippen LogP contribution >= 0.6 is 0 Å². The number of carbonyl (C=O) groups excluding carboxylic acids is 1. The molecule has 0 radical (unpaired) electrons. The van der Waals surface area contributed by atoms with Crippen molar-refractivity contribution in [2.75, 3.05) is 0 Å². The fourth-order valence-corrected chi connectivity index (χ4v) is 4.38. The van der Waals surface area contributed by atoms with Gasteiger partial charge in [0.25, 0.3) is 5.56 Å². The second-order valence-corrected chi connectivity index (χ2v) is 7.82. The van der Waals surface area contributed by atoms with Gasteiger partial charge in [0.2, 0.25) is 5.91 Å². The summed E-state index contributed by atoms with van der Waals surface area (Å²) in [6.45, 7) is 1.93. The van der Waals surface area contributed by atoms with Crippen molar-refractivity contribution < 1.29 is 9.53 Å². The van der Waals surface area contributed by atoms with E-state index in [-0.39, 0.29) is 36.0 Å². The minimum atomic E-state index is -0.382. The molecule has 0 unspecified atom stereocenters. The van der Waals surface area contributed by atoms with Gasteiger partial charge >= 0.3 is 5.69 Å². The van der Waals surface area contributed by atoms with E-state index in [1.807, 2.05) is 30.3 Å². The van der Waals surface area contributed by atoms with E-state index >= 15 is 0 Å². The fraction of sp³-hybridized carbons (Fsp3) is 0.476. The van der Waals surface area contributed by atoms with E-state index in [1.54, 1.807) is 17.7 Å². The quantitative estimate of drug-likeness (QED) is 0.852. The topological polar surface area (TPSA) is 82.3 Å². The summed E-state index contributed by atoms with van der Waals surface area (Å²) < 4.78 is 8.41. The summed E-state index contributed by atoms with van der Waals surface area (Å²) in [4.78, 5) is 37.5. The number of hydrogen-bond donors (Lipinski definition) is 1. The Morgan fingerprint density at radius 3 is 2.71 bits per heavy atom. The van der Waals surface area contributed by atoms with E-state index in [2.05, 4.69) is 5.32 Å². The van der Waals surface area contributed by atoms with Crippen molar-refractivity contribution in [1.82, 2.24) is 14.5 Å². The SMILES string of the molecule is Cc1cn([C@H]2CC[C@@H]3CC(=O)N[C@H]2C3)c(=O)n(COCc2ccccc2)c1=O. The molecule has 1 aliphatic heterocycles. The lowest BCUT2D eigenvalue weighted by Crippen LogP contribution is -2.53. The molecule has 0 spiro atoms. The predicted octanol–water partition coefficient (Wildman–Crippen LogP) is 1.72. The normalized spacial score (nSPS) is 24.0. The molecule has 2 bridgehead atoms. The maximum atomic E-state index is 13.1. The number of fused-ring (bicyclic) bond motifs is 2. The molecule has 4 rings (SSSR count). The van der Waals surface area contributed by atoms with Crippen LogP contribution < -0.4 is 16.6 Å². The minimum absolute atomic E-state index is 0.0511. The Hall–Kier alpha value is -2.67. The zero-order valence-corrected chi connectivity index (χ0v) is 16.0. The number of amides is 1. The molecule has 2 aromatic rings. The molecular formula is C21H25N3O4. The molecule has 7 nitrogen and oxygen atoms in total. The summed E-state index contributed by atoms with van der Waals surface area (Å²) in [5.41, 5.74) is 0.751. The summed E-state index contributed by atoms with van der Waals surface area (Å²) in [5, 5.41) is 3.02. The van der Waals surface area contributed by atoms with Crippen LogP contribution in [0, 0.1) is 12.8 Å². The van der Waals surface area contributed by atoms with Gasteiger partial charge in [-0.3, -0.25) is 14.2 Å². The summed E-state index contributed by atoms with van der Waals surface area (Å²) in [6, 6.07) is 9.43. The smallest absolute Gasteiger partial charge is 0.333 e. The van der Waals surface area contributed by atoms with Crippen molar-refractivity contribution in [3.63, 3.8) is 0 Å². The number of benzene rings is 1. The van der Waals surface area contributed by atoms with Crippen molar-refractivity contribution in [3.05, 3.63) is 68.5 Å². The number of rotatable bonds is 5. The molecule has 7 heteroatoms. The van der Waals surface area contributed by atoms with Gasteiger partial charge in [-0.2, -0.15) is 0 Å². The zero-order chi connectivity index (χ0) is 19.7. The average molecular weight is 383 g/mol. The molecule has 28 heavy (non-hydrogen) atoms. The Kier molecular flexibility index (Phi) is 5.17. The maximum absolute atomic E-state index is 13.1. The third kappa shape index (κ3) is 3.67. The molecule has 1 N–H and O–H groups in total. The largest absolute Gasteiger partial charge is 0.356 e. The number of aromatic nitrogens is 2. The summed E-state index contributed by atoms with van der Waals surface area (Å²) >= 11 is 0. The van der Waals surface area contributed by atoms with Gasteiger partial charge in [-0.15, -0.1) is 0 Å². The average Bonchev–Trinajstić information content (AvgIpc) is 2.68. The standard InChI is InChI=1S/C21H25N3O4/c1-14-11-23(18-8-7-16-9-17(18)22-19(25)10-16)21(27)24(20(14)26)13-28-12-15-5-3-2-4-6-15/h2-6,11,16-18H,7-10,12-13H2,1H3,(H,22,25)/t16-,17-,18-/m0/s1. The van der Waals surface area contributed by atoms with E-state index in [0.29, 0.717) is 24.5 Å². The first-order valence-corrected chi connectivity index (χ1v) is 9.76. The van der Waals surface area contributed by atoms with Gasteiger partial charge in [0.05, 0.1) is 12.6 Å². The third-order valence-electron chi connectivity index (χ3n) is 5.80. The summed E-state index contributed by atoms with van der Waals surface area (Å²) in [7, 11) is 0. The number of nitrogens with zero attached hydrogens (tertiary/aromatic N) is 2. The lowest BCUT2D eigenvalue weighted by Gasteiger charge is -2.41. The van der Waals surface area contributed by atoms with Crippen LogP contribution in [0.25, 0.3) is 0 Å². The number of piperidine rings is 1. The Morgan fingerprint density at radius 1 is 1.14 bits per heavy atom. The summed E-state index contributed by atoms with van der Waals surface area (Å²) in [5.74, 6) is 0.446. The van der Waals surface area contributed by atoms with Gasteiger partial charge in [-0.25, -0.2) is 9.36 Å². The Morgan fingerprint density at radius 2 is 1.93 bits per heavy atom.